The van der Waals surface area contributed by atoms with Gasteiger partial charge in [0.1, 0.15) is 0 Å². The Morgan fingerprint density at radius 2 is 1.24 bits per heavy atom. The van der Waals surface area contributed by atoms with Crippen molar-refractivity contribution in [1.29, 1.82) is 0 Å². The molecule has 0 aliphatic carbocycles. The Kier molecular flexibility index (Phi) is 4.24. The summed E-state index contributed by atoms with van der Waals surface area (Å²) >= 11 is 1.62. The summed E-state index contributed by atoms with van der Waals surface area (Å²) in [6, 6.07) is 15.3. The van der Waals surface area contributed by atoms with E-state index in [0.29, 0.717) is 11.6 Å². The van der Waals surface area contributed by atoms with E-state index in [4.69, 9.17) is 0 Å². The van der Waals surface area contributed by atoms with Gasteiger partial charge in [0.05, 0.1) is 0 Å². The van der Waals surface area contributed by atoms with Gasteiger partial charge in [0.15, 0.2) is 11.6 Å². The summed E-state index contributed by atoms with van der Waals surface area (Å²) in [4.78, 5) is 19.1. The maximum Gasteiger partial charge on any atom is 0.151 e. The summed E-state index contributed by atoms with van der Waals surface area (Å²) in [5.41, 5.74) is 0. The van der Waals surface area contributed by atoms with Crippen molar-refractivity contribution in [1.82, 2.24) is 9.97 Å². The van der Waals surface area contributed by atoms with Crippen LogP contribution in [0.25, 0.3) is 0 Å². The fourth-order valence-corrected chi connectivity index (χ4v) is 2.38. The first-order valence-corrected chi connectivity index (χ1v) is 7.22. The van der Waals surface area contributed by atoms with Gasteiger partial charge in [0.2, 0.25) is 0 Å². The van der Waals surface area contributed by atoms with Crippen molar-refractivity contribution in [3.8, 4) is 0 Å². The number of aliphatic imine (C=N–C) groups is 2. The summed E-state index contributed by atoms with van der Waals surface area (Å²) in [5.74, 6) is 1.41. The zero-order chi connectivity index (χ0) is 14.3. The van der Waals surface area contributed by atoms with Gasteiger partial charge >= 0.3 is 0 Å². The molecule has 0 unspecified atom stereocenters. The van der Waals surface area contributed by atoms with Gasteiger partial charge < -0.3 is 0 Å². The number of hydrogen-bond donors (Lipinski definition) is 0. The van der Waals surface area contributed by atoms with Crippen molar-refractivity contribution < 1.29 is 0 Å². The molecule has 0 bridgehead atoms. The summed E-state index contributed by atoms with van der Waals surface area (Å²) in [6.07, 6.45) is 7.08. The minimum atomic E-state index is 0.703. The number of nitrogens with zero attached hydrogens (tertiary/aromatic N) is 4. The second kappa shape index (κ2) is 6.67. The van der Waals surface area contributed by atoms with E-state index in [9.17, 15) is 0 Å². The van der Waals surface area contributed by atoms with Gasteiger partial charge in [0.25, 0.3) is 0 Å². The molecule has 4 nitrogen and oxygen atoms in total. The van der Waals surface area contributed by atoms with Crippen LogP contribution in [-0.4, -0.2) is 22.4 Å². The lowest BCUT2D eigenvalue weighted by Gasteiger charge is -1.89. The van der Waals surface area contributed by atoms with Crippen LogP contribution in [0, 0.1) is 0 Å². The van der Waals surface area contributed by atoms with Gasteiger partial charge in [-0.05, 0) is 36.4 Å². The Morgan fingerprint density at radius 1 is 0.714 bits per heavy atom. The average molecular weight is 292 g/mol. The fourth-order valence-electron chi connectivity index (χ4n) is 1.63. The molecule has 0 amide bonds. The number of pyridine rings is 2. The maximum atomic E-state index is 4.33. The third-order valence-electron chi connectivity index (χ3n) is 2.59. The molecule has 3 rings (SSSR count). The van der Waals surface area contributed by atoms with Gasteiger partial charge in [-0.1, -0.05) is 12.1 Å². The highest BCUT2D eigenvalue weighted by Gasteiger charge is 1.96. The Labute approximate surface area is 126 Å². The summed E-state index contributed by atoms with van der Waals surface area (Å²) in [6.45, 7) is 0. The van der Waals surface area contributed by atoms with E-state index < -0.39 is 0 Å². The Hall–Kier alpha value is -2.66. The maximum absolute atomic E-state index is 4.33. The first-order chi connectivity index (χ1) is 10.4. The number of hydrogen-bond acceptors (Lipinski definition) is 5. The minimum Gasteiger partial charge on any atom is -0.237 e. The van der Waals surface area contributed by atoms with Crippen LogP contribution in [0.5, 0.6) is 0 Å². The van der Waals surface area contributed by atoms with Gasteiger partial charge in [-0.25, -0.2) is 20.0 Å². The van der Waals surface area contributed by atoms with Crippen molar-refractivity contribution in [2.24, 2.45) is 9.98 Å². The topological polar surface area (TPSA) is 50.5 Å². The molecule has 5 heteroatoms. The largest absolute Gasteiger partial charge is 0.237 e. The monoisotopic (exact) mass is 292 g/mol. The lowest BCUT2D eigenvalue weighted by molar-refractivity contribution is 1.28. The van der Waals surface area contributed by atoms with Gasteiger partial charge in [-0.2, -0.15) is 0 Å². The molecule has 0 N–H and O–H groups in total. The molecule has 0 spiro atoms. The first kappa shape index (κ1) is 13.3. The molecule has 21 heavy (non-hydrogen) atoms. The Morgan fingerprint density at radius 3 is 1.67 bits per heavy atom. The van der Waals surface area contributed by atoms with E-state index in [0.717, 1.165) is 9.75 Å². The minimum absolute atomic E-state index is 0.703. The zero-order valence-corrected chi connectivity index (χ0v) is 11.9. The Balaban J connectivity index is 1.69. The summed E-state index contributed by atoms with van der Waals surface area (Å²) < 4.78 is 0. The van der Waals surface area contributed by atoms with Crippen LogP contribution in [0.4, 0.5) is 11.6 Å². The van der Waals surface area contributed by atoms with Gasteiger partial charge in [-0.3, -0.25) is 0 Å². The van der Waals surface area contributed by atoms with E-state index in [1.165, 1.54) is 0 Å². The quantitative estimate of drug-likeness (QED) is 0.681. The standard InChI is InChI=1S/C16H12N4S/c1-3-9-17-15(5-1)19-11-13-7-8-14(21-13)12-20-16-6-2-4-10-18-16/h1-12H/b19-11+,20-12+. The highest BCUT2D eigenvalue weighted by atomic mass is 32.1. The van der Waals surface area contributed by atoms with Gasteiger partial charge in [0, 0.05) is 34.6 Å². The van der Waals surface area contributed by atoms with Crippen LogP contribution in [-0.2, 0) is 0 Å². The predicted molar refractivity (Wildman–Crippen MR) is 87.3 cm³/mol. The normalized spacial score (nSPS) is 11.4. The lowest BCUT2D eigenvalue weighted by atomic mass is 10.4. The molecule has 3 aromatic rings. The molecule has 0 aliphatic rings. The van der Waals surface area contributed by atoms with E-state index in [-0.39, 0.29) is 0 Å². The fraction of sp³-hybridized carbons (Fsp3) is 0. The van der Waals surface area contributed by atoms with E-state index in [2.05, 4.69) is 20.0 Å². The smallest absolute Gasteiger partial charge is 0.151 e. The van der Waals surface area contributed by atoms with Crippen molar-refractivity contribution in [2.45, 2.75) is 0 Å². The molecule has 102 valence electrons. The molecule has 3 heterocycles. The molecule has 3 aromatic heterocycles. The van der Waals surface area contributed by atoms with E-state index >= 15 is 0 Å². The predicted octanol–water partition coefficient (Wildman–Crippen LogP) is 4.04. The van der Waals surface area contributed by atoms with Crippen LogP contribution in [0.3, 0.4) is 0 Å². The van der Waals surface area contributed by atoms with Crippen molar-refractivity contribution in [3.63, 3.8) is 0 Å². The highest BCUT2D eigenvalue weighted by Crippen LogP contribution is 2.15. The van der Waals surface area contributed by atoms with Gasteiger partial charge in [-0.15, -0.1) is 11.3 Å². The van der Waals surface area contributed by atoms with E-state index in [1.54, 1.807) is 23.7 Å². The highest BCUT2D eigenvalue weighted by molar-refractivity contribution is 7.15. The number of thiophene rings is 1. The molecular weight excluding hydrogens is 280 g/mol. The molecular formula is C16H12N4S. The van der Waals surface area contributed by atoms with Crippen LogP contribution in [0.15, 0.2) is 70.9 Å². The third kappa shape index (κ3) is 3.90. The SMILES string of the molecule is C(=N\c1ccccn1)/c1ccc(/C=N/c2ccccn2)s1. The molecule has 0 saturated heterocycles. The molecule has 0 atom stereocenters. The van der Waals surface area contributed by atoms with Crippen molar-refractivity contribution >= 4 is 35.4 Å². The second-order valence-electron chi connectivity index (χ2n) is 4.13. The third-order valence-corrected chi connectivity index (χ3v) is 3.55. The van der Waals surface area contributed by atoms with Crippen LogP contribution in [0.1, 0.15) is 9.75 Å². The number of rotatable bonds is 4. The first-order valence-electron chi connectivity index (χ1n) is 6.40. The molecule has 0 saturated carbocycles. The average Bonchev–Trinajstić information content (AvgIpc) is 3.01. The number of aromatic nitrogens is 2. The summed E-state index contributed by atoms with van der Waals surface area (Å²) in [5, 5.41) is 0. The zero-order valence-electron chi connectivity index (χ0n) is 11.1. The van der Waals surface area contributed by atoms with Crippen LogP contribution >= 0.6 is 11.3 Å². The molecule has 0 aliphatic heterocycles. The molecule has 0 aromatic carbocycles. The summed E-state index contributed by atoms with van der Waals surface area (Å²) in [7, 11) is 0. The lowest BCUT2D eigenvalue weighted by Crippen LogP contribution is -1.75. The van der Waals surface area contributed by atoms with Crippen molar-refractivity contribution in [2.75, 3.05) is 0 Å². The van der Waals surface area contributed by atoms with Crippen LogP contribution in [0.2, 0.25) is 0 Å². The van der Waals surface area contributed by atoms with E-state index in [1.807, 2.05) is 61.0 Å². The van der Waals surface area contributed by atoms with Crippen molar-refractivity contribution in [3.05, 3.63) is 70.7 Å². The Bertz CT molecular complexity index is 684. The molecule has 0 fully saturated rings. The second-order valence-corrected chi connectivity index (χ2v) is 5.28. The van der Waals surface area contributed by atoms with Crippen LogP contribution < -0.4 is 0 Å². The molecule has 0 radical (unpaired) electrons.